The summed E-state index contributed by atoms with van der Waals surface area (Å²) in [5.74, 6) is 3.64. The lowest BCUT2D eigenvalue weighted by Gasteiger charge is -2.48. The maximum Gasteiger partial charge on any atom is 0.250 e. The average Bonchev–Trinajstić information content (AvgIpc) is 2.94. The lowest BCUT2D eigenvalue weighted by molar-refractivity contribution is -0.129. The van der Waals surface area contributed by atoms with Crippen molar-refractivity contribution in [3.8, 4) is 5.75 Å². The van der Waals surface area contributed by atoms with Gasteiger partial charge in [0.15, 0.2) is 0 Å². The van der Waals surface area contributed by atoms with E-state index < -0.39 is 8.32 Å². The van der Waals surface area contributed by atoms with Crippen molar-refractivity contribution in [1.29, 1.82) is 0 Å². The van der Waals surface area contributed by atoms with Gasteiger partial charge in [-0.05, 0) is 97.2 Å². The first-order chi connectivity index (χ1) is 13.5. The lowest BCUT2D eigenvalue weighted by atomic mass is 9.55. The summed E-state index contributed by atoms with van der Waals surface area (Å²) < 4.78 is 6.78. The molecule has 2 fully saturated rings. The van der Waals surface area contributed by atoms with Gasteiger partial charge in [-0.15, -0.1) is 0 Å². The Morgan fingerprint density at radius 3 is 2.52 bits per heavy atom. The standard InChI is InChI=1S/C26H40O2Si/c1-8-17-15-21-18(16-23(17)28-29(6,7)25(2,3)4)9-10-20-19(21)13-14-26(5)22(20)11-12-24(26)27/h15-16,19-20,22H,8-14H2,1-7H3/t19-,20+,22-,26-/m0/s1. The van der Waals surface area contributed by atoms with Gasteiger partial charge in [0.2, 0.25) is 8.32 Å². The van der Waals surface area contributed by atoms with Crippen LogP contribution < -0.4 is 4.43 Å². The second-order valence-electron chi connectivity index (χ2n) is 11.7. The van der Waals surface area contributed by atoms with E-state index >= 15 is 0 Å². The molecule has 160 valence electrons. The van der Waals surface area contributed by atoms with E-state index in [1.807, 2.05) is 0 Å². The molecule has 29 heavy (non-hydrogen) atoms. The largest absolute Gasteiger partial charge is 0.543 e. The summed E-state index contributed by atoms with van der Waals surface area (Å²) in [4.78, 5) is 12.6. The van der Waals surface area contributed by atoms with Gasteiger partial charge in [0.05, 0.1) is 0 Å². The molecule has 0 N–H and O–H groups in total. The third-order valence-corrected chi connectivity index (χ3v) is 13.5. The highest BCUT2D eigenvalue weighted by Crippen LogP contribution is 2.59. The smallest absolute Gasteiger partial charge is 0.250 e. The van der Waals surface area contributed by atoms with Crippen molar-refractivity contribution in [3.63, 3.8) is 0 Å². The summed E-state index contributed by atoms with van der Waals surface area (Å²) in [5.41, 5.74) is 4.45. The Hall–Kier alpha value is -1.09. The fourth-order valence-electron chi connectivity index (χ4n) is 6.22. The minimum absolute atomic E-state index is 0.0301. The molecule has 0 spiro atoms. The SMILES string of the molecule is CCc1cc2c(cc1O[Si](C)(C)C(C)(C)C)CC[C@@H]1[C@@H]2CC[C@]2(C)C(=O)CC[C@@H]12. The molecule has 0 heterocycles. The highest BCUT2D eigenvalue weighted by Gasteiger charge is 2.54. The highest BCUT2D eigenvalue weighted by molar-refractivity contribution is 6.74. The van der Waals surface area contributed by atoms with Crippen LogP contribution in [0, 0.1) is 17.3 Å². The molecule has 0 unspecified atom stereocenters. The van der Waals surface area contributed by atoms with Crippen LogP contribution in [-0.2, 0) is 17.6 Å². The van der Waals surface area contributed by atoms with Gasteiger partial charge in [0.1, 0.15) is 11.5 Å². The third kappa shape index (κ3) is 3.32. The van der Waals surface area contributed by atoms with Crippen molar-refractivity contribution in [3.05, 3.63) is 28.8 Å². The molecule has 3 aliphatic carbocycles. The summed E-state index contributed by atoms with van der Waals surface area (Å²) >= 11 is 0. The van der Waals surface area contributed by atoms with Gasteiger partial charge in [-0.25, -0.2) is 0 Å². The average molecular weight is 413 g/mol. The maximum atomic E-state index is 12.6. The second kappa shape index (κ2) is 6.97. The number of rotatable bonds is 3. The number of fused-ring (bicyclic) bond motifs is 5. The molecule has 1 aromatic carbocycles. The summed E-state index contributed by atoms with van der Waals surface area (Å²) in [5, 5.41) is 0.210. The normalized spacial score (nSPS) is 31.8. The van der Waals surface area contributed by atoms with E-state index in [9.17, 15) is 4.79 Å². The Balaban J connectivity index is 1.67. The Morgan fingerprint density at radius 2 is 1.86 bits per heavy atom. The van der Waals surface area contributed by atoms with Gasteiger partial charge < -0.3 is 4.43 Å². The van der Waals surface area contributed by atoms with Crippen molar-refractivity contribution in [2.75, 3.05) is 0 Å². The lowest BCUT2D eigenvalue weighted by Crippen LogP contribution is -2.44. The van der Waals surface area contributed by atoms with E-state index in [1.165, 1.54) is 24.0 Å². The van der Waals surface area contributed by atoms with Gasteiger partial charge in [0, 0.05) is 11.8 Å². The van der Waals surface area contributed by atoms with Crippen molar-refractivity contribution in [1.82, 2.24) is 0 Å². The van der Waals surface area contributed by atoms with Crippen LogP contribution in [0.4, 0.5) is 0 Å². The van der Waals surface area contributed by atoms with E-state index in [0.29, 0.717) is 23.5 Å². The number of ketones is 1. The van der Waals surface area contributed by atoms with Gasteiger partial charge in [-0.3, -0.25) is 4.79 Å². The summed E-state index contributed by atoms with van der Waals surface area (Å²) in [7, 11) is -1.85. The summed E-state index contributed by atoms with van der Waals surface area (Å²) in [6.45, 7) is 16.2. The zero-order valence-corrected chi connectivity index (χ0v) is 20.7. The van der Waals surface area contributed by atoms with E-state index in [1.54, 1.807) is 5.56 Å². The van der Waals surface area contributed by atoms with Crippen LogP contribution in [0.2, 0.25) is 18.1 Å². The van der Waals surface area contributed by atoms with Gasteiger partial charge in [-0.1, -0.05) is 40.7 Å². The molecular weight excluding hydrogens is 372 g/mol. The van der Waals surface area contributed by atoms with Crippen LogP contribution >= 0.6 is 0 Å². The van der Waals surface area contributed by atoms with Crippen molar-refractivity contribution in [2.45, 2.75) is 104 Å². The fourth-order valence-corrected chi connectivity index (χ4v) is 7.26. The van der Waals surface area contributed by atoms with Crippen LogP contribution in [-0.4, -0.2) is 14.1 Å². The number of hydrogen-bond acceptors (Lipinski definition) is 2. The summed E-state index contributed by atoms with van der Waals surface area (Å²) in [6.07, 6.45) is 7.62. The number of carbonyl (C=O) groups is 1. The molecule has 4 atom stereocenters. The van der Waals surface area contributed by atoms with Crippen LogP contribution in [0.3, 0.4) is 0 Å². The van der Waals surface area contributed by atoms with Crippen LogP contribution in [0.1, 0.15) is 89.3 Å². The van der Waals surface area contributed by atoms with E-state index in [2.05, 4.69) is 59.8 Å². The van der Waals surface area contributed by atoms with Crippen molar-refractivity contribution < 1.29 is 9.22 Å². The quantitative estimate of drug-likeness (QED) is 0.497. The number of Topliss-reactive ketones (excluding diaryl/α,β-unsaturated/α-hetero) is 1. The van der Waals surface area contributed by atoms with E-state index in [4.69, 9.17) is 4.43 Å². The minimum Gasteiger partial charge on any atom is -0.543 e. The molecule has 0 amide bonds. The Kier molecular flexibility index (Phi) is 5.08. The summed E-state index contributed by atoms with van der Waals surface area (Å²) in [6, 6.07) is 4.90. The Bertz CT molecular complexity index is 819. The van der Waals surface area contributed by atoms with Crippen molar-refractivity contribution >= 4 is 14.1 Å². The first-order valence-electron chi connectivity index (χ1n) is 11.9. The third-order valence-electron chi connectivity index (χ3n) is 9.17. The minimum atomic E-state index is -1.85. The molecule has 0 aliphatic heterocycles. The van der Waals surface area contributed by atoms with Crippen molar-refractivity contribution in [2.24, 2.45) is 17.3 Å². The molecule has 1 aromatic rings. The van der Waals surface area contributed by atoms with Crippen LogP contribution in [0.25, 0.3) is 0 Å². The fraction of sp³-hybridized carbons (Fsp3) is 0.731. The zero-order valence-electron chi connectivity index (χ0n) is 19.7. The molecule has 0 aromatic heterocycles. The highest BCUT2D eigenvalue weighted by atomic mass is 28.4. The van der Waals surface area contributed by atoms with E-state index in [-0.39, 0.29) is 10.5 Å². The molecule has 4 rings (SSSR count). The topological polar surface area (TPSA) is 26.3 Å². The van der Waals surface area contributed by atoms with Crippen LogP contribution in [0.5, 0.6) is 5.75 Å². The number of benzene rings is 1. The Labute approximate surface area is 178 Å². The maximum absolute atomic E-state index is 12.6. The molecular formula is C26H40O2Si. The zero-order chi connectivity index (χ0) is 21.2. The second-order valence-corrected chi connectivity index (χ2v) is 16.4. The van der Waals surface area contributed by atoms with Crippen LogP contribution in [0.15, 0.2) is 12.1 Å². The predicted molar refractivity (Wildman–Crippen MR) is 123 cm³/mol. The molecule has 2 saturated carbocycles. The Morgan fingerprint density at radius 1 is 1.14 bits per heavy atom. The number of aryl methyl sites for hydroxylation is 2. The van der Waals surface area contributed by atoms with E-state index in [0.717, 1.165) is 37.9 Å². The monoisotopic (exact) mass is 412 g/mol. The number of hydrogen-bond donors (Lipinski definition) is 0. The molecule has 3 aliphatic rings. The molecule has 0 radical (unpaired) electrons. The molecule has 3 heteroatoms. The predicted octanol–water partition coefficient (Wildman–Crippen LogP) is 7.06. The molecule has 2 nitrogen and oxygen atoms in total. The number of carbonyl (C=O) groups excluding carboxylic acids is 1. The van der Waals surface area contributed by atoms with Gasteiger partial charge in [0.25, 0.3) is 0 Å². The first-order valence-corrected chi connectivity index (χ1v) is 14.8. The van der Waals surface area contributed by atoms with Gasteiger partial charge >= 0.3 is 0 Å². The first kappa shape index (κ1) is 21.2. The van der Waals surface area contributed by atoms with Gasteiger partial charge in [-0.2, -0.15) is 0 Å². The molecule has 0 bridgehead atoms. The molecule has 0 saturated heterocycles.